The topological polar surface area (TPSA) is 67.5 Å². The Bertz CT molecular complexity index is 1310. The Morgan fingerprint density at radius 1 is 0.971 bits per heavy atom. The number of β-amino-alcohol motifs (C(OH)–C–C–N with tert-alkyl or cyclic N) is 1. The minimum absolute atomic E-state index is 0.135. The van der Waals surface area contributed by atoms with Crippen molar-refractivity contribution < 1.29 is 13.9 Å². The number of alkyl halides is 2. The summed E-state index contributed by atoms with van der Waals surface area (Å²) >= 11 is 0. The number of rotatable bonds is 5. The fourth-order valence-corrected chi connectivity index (χ4v) is 5.40. The summed E-state index contributed by atoms with van der Waals surface area (Å²) in [6.07, 6.45) is -0.248. The Morgan fingerprint density at radius 3 is 2.41 bits per heavy atom. The van der Waals surface area contributed by atoms with E-state index in [0.717, 1.165) is 17.5 Å². The van der Waals surface area contributed by atoms with Crippen LogP contribution in [0.4, 0.5) is 8.78 Å². The first-order chi connectivity index (χ1) is 16.3. The normalized spacial score (nSPS) is 19.7. The molecule has 0 amide bonds. The molecular weight excluding hydrogens is 440 g/mol. The van der Waals surface area contributed by atoms with Crippen LogP contribution >= 0.6 is 0 Å². The lowest BCUT2D eigenvalue weighted by Crippen LogP contribution is -2.46. The lowest BCUT2D eigenvalue weighted by atomic mass is 9.92. The number of halogens is 2. The molecule has 0 radical (unpaired) electrons. The van der Waals surface area contributed by atoms with Gasteiger partial charge < -0.3 is 5.11 Å². The second kappa shape index (κ2) is 9.07. The fourth-order valence-electron chi connectivity index (χ4n) is 5.40. The first-order valence-corrected chi connectivity index (χ1v) is 11.9. The van der Waals surface area contributed by atoms with Crippen molar-refractivity contribution in [2.24, 2.45) is 0 Å². The van der Waals surface area contributed by atoms with Crippen LogP contribution in [-0.4, -0.2) is 44.3 Å². The number of hydrogen-bond acceptors (Lipinski definition) is 4. The largest absolute Gasteiger partial charge is 0.390 e. The third-order valence-electron chi connectivity index (χ3n) is 7.20. The average Bonchev–Trinajstić information content (AvgIpc) is 2.83. The van der Waals surface area contributed by atoms with Gasteiger partial charge in [-0.05, 0) is 42.5 Å². The Kier molecular flexibility index (Phi) is 6.12. The van der Waals surface area contributed by atoms with Crippen molar-refractivity contribution in [3.8, 4) is 0 Å². The number of aromatic nitrogens is 2. The zero-order valence-corrected chi connectivity index (χ0v) is 19.0. The van der Waals surface area contributed by atoms with Crippen LogP contribution in [0.25, 0.3) is 10.9 Å². The van der Waals surface area contributed by atoms with E-state index in [1.54, 1.807) is 24.3 Å². The molecule has 180 valence electrons. The SMILES string of the molecule is O=c1c2ccccc2n(C2CCC(F)(F)CC2)c(=O)n1CC(O)CN1CCc2ccccc2C1. The summed E-state index contributed by atoms with van der Waals surface area (Å²) in [7, 11) is 0. The van der Waals surface area contributed by atoms with E-state index in [2.05, 4.69) is 17.0 Å². The molecule has 0 spiro atoms. The first-order valence-electron chi connectivity index (χ1n) is 11.9. The van der Waals surface area contributed by atoms with E-state index in [9.17, 15) is 23.5 Å². The molecule has 1 fully saturated rings. The molecule has 1 atom stereocenters. The number of para-hydroxylation sites is 1. The molecule has 6 nitrogen and oxygen atoms in total. The molecule has 2 aliphatic rings. The smallest absolute Gasteiger partial charge is 0.331 e. The van der Waals surface area contributed by atoms with Crippen LogP contribution in [0.15, 0.2) is 58.1 Å². The van der Waals surface area contributed by atoms with Crippen molar-refractivity contribution in [3.05, 3.63) is 80.5 Å². The number of benzene rings is 2. The molecule has 0 saturated heterocycles. The quantitative estimate of drug-likeness (QED) is 0.623. The van der Waals surface area contributed by atoms with E-state index in [4.69, 9.17) is 0 Å². The lowest BCUT2D eigenvalue weighted by molar-refractivity contribution is -0.0440. The number of nitrogens with zero attached hydrogens (tertiary/aromatic N) is 3. The van der Waals surface area contributed by atoms with Crippen LogP contribution < -0.4 is 11.2 Å². The van der Waals surface area contributed by atoms with Gasteiger partial charge in [0.2, 0.25) is 5.92 Å². The van der Waals surface area contributed by atoms with E-state index < -0.39 is 29.3 Å². The van der Waals surface area contributed by atoms with E-state index in [1.807, 2.05) is 12.1 Å². The number of aliphatic hydroxyl groups is 1. The third-order valence-corrected chi connectivity index (χ3v) is 7.20. The van der Waals surface area contributed by atoms with Crippen LogP contribution in [-0.2, 0) is 19.5 Å². The third kappa shape index (κ3) is 4.44. The summed E-state index contributed by atoms with van der Waals surface area (Å²) in [6.45, 7) is 1.70. The number of hydrogen-bond donors (Lipinski definition) is 1. The molecule has 1 aromatic heterocycles. The molecule has 5 rings (SSSR count). The van der Waals surface area contributed by atoms with Gasteiger partial charge in [-0.2, -0.15) is 0 Å². The second-order valence-corrected chi connectivity index (χ2v) is 9.58. The molecule has 1 aliphatic carbocycles. The zero-order chi connectivity index (χ0) is 23.9. The van der Waals surface area contributed by atoms with Gasteiger partial charge in [-0.15, -0.1) is 0 Å². The summed E-state index contributed by atoms with van der Waals surface area (Å²) < 4.78 is 30.1. The molecule has 1 N–H and O–H groups in total. The summed E-state index contributed by atoms with van der Waals surface area (Å²) in [4.78, 5) is 28.8. The average molecular weight is 470 g/mol. The van der Waals surface area contributed by atoms with Crippen LogP contribution in [0.1, 0.15) is 42.9 Å². The highest BCUT2D eigenvalue weighted by Gasteiger charge is 2.36. The van der Waals surface area contributed by atoms with Gasteiger partial charge >= 0.3 is 5.69 Å². The van der Waals surface area contributed by atoms with Crippen molar-refractivity contribution in [1.29, 1.82) is 0 Å². The first kappa shape index (κ1) is 22.9. The predicted octanol–water partition coefficient (Wildman–Crippen LogP) is 3.33. The molecular formula is C26H29F2N3O3. The van der Waals surface area contributed by atoms with Crippen molar-refractivity contribution in [1.82, 2.24) is 14.0 Å². The summed E-state index contributed by atoms with van der Waals surface area (Å²) in [5.74, 6) is -2.71. The molecule has 1 saturated carbocycles. The van der Waals surface area contributed by atoms with Crippen molar-refractivity contribution in [2.45, 2.75) is 63.3 Å². The van der Waals surface area contributed by atoms with Gasteiger partial charge in [-0.1, -0.05) is 36.4 Å². The van der Waals surface area contributed by atoms with Crippen molar-refractivity contribution >= 4 is 10.9 Å². The Balaban J connectivity index is 1.42. The number of fused-ring (bicyclic) bond motifs is 2. The maximum absolute atomic E-state index is 13.8. The zero-order valence-electron chi connectivity index (χ0n) is 19.0. The summed E-state index contributed by atoms with van der Waals surface area (Å²) in [5, 5.41) is 11.2. The highest BCUT2D eigenvalue weighted by atomic mass is 19.3. The standard InChI is InChI=1S/C26H29F2N3O3/c27-26(28)12-9-20(10-13-26)31-23-8-4-3-7-22(23)24(33)30(25(31)34)17-21(32)16-29-14-11-18-5-1-2-6-19(18)15-29/h1-8,20-21,32H,9-17H2. The minimum Gasteiger partial charge on any atom is -0.390 e. The van der Waals surface area contributed by atoms with Crippen LogP contribution in [0, 0.1) is 0 Å². The highest BCUT2D eigenvalue weighted by Crippen LogP contribution is 2.38. The van der Waals surface area contributed by atoms with Gasteiger partial charge in [0.15, 0.2) is 0 Å². The van der Waals surface area contributed by atoms with Gasteiger partial charge in [0.1, 0.15) is 0 Å². The van der Waals surface area contributed by atoms with Gasteiger partial charge in [0, 0.05) is 38.5 Å². The van der Waals surface area contributed by atoms with Crippen molar-refractivity contribution in [2.75, 3.05) is 13.1 Å². The number of aliphatic hydroxyl groups excluding tert-OH is 1. The predicted molar refractivity (Wildman–Crippen MR) is 126 cm³/mol. The summed E-state index contributed by atoms with van der Waals surface area (Å²) in [6, 6.07) is 14.6. The Hall–Kier alpha value is -2.84. The maximum Gasteiger partial charge on any atom is 0.331 e. The van der Waals surface area contributed by atoms with E-state index in [-0.39, 0.29) is 32.2 Å². The maximum atomic E-state index is 13.8. The van der Waals surface area contributed by atoms with E-state index in [1.165, 1.54) is 15.7 Å². The Morgan fingerprint density at radius 2 is 1.65 bits per heavy atom. The highest BCUT2D eigenvalue weighted by molar-refractivity contribution is 5.78. The lowest BCUT2D eigenvalue weighted by Gasteiger charge is -2.31. The van der Waals surface area contributed by atoms with E-state index >= 15 is 0 Å². The molecule has 2 aromatic carbocycles. The molecule has 3 aromatic rings. The molecule has 34 heavy (non-hydrogen) atoms. The molecule has 8 heteroatoms. The fraction of sp³-hybridized carbons (Fsp3) is 0.462. The molecule has 2 heterocycles. The van der Waals surface area contributed by atoms with Gasteiger partial charge in [0.05, 0.1) is 23.6 Å². The Labute approximate surface area is 196 Å². The van der Waals surface area contributed by atoms with Gasteiger partial charge in [-0.3, -0.25) is 18.8 Å². The van der Waals surface area contributed by atoms with Crippen LogP contribution in [0.2, 0.25) is 0 Å². The monoisotopic (exact) mass is 469 g/mol. The second-order valence-electron chi connectivity index (χ2n) is 9.58. The minimum atomic E-state index is -2.71. The van der Waals surface area contributed by atoms with Crippen LogP contribution in [0.5, 0.6) is 0 Å². The summed E-state index contributed by atoms with van der Waals surface area (Å²) in [5.41, 5.74) is 1.99. The molecule has 1 unspecified atom stereocenters. The van der Waals surface area contributed by atoms with E-state index in [0.29, 0.717) is 24.0 Å². The van der Waals surface area contributed by atoms with Crippen LogP contribution in [0.3, 0.4) is 0 Å². The van der Waals surface area contributed by atoms with Crippen molar-refractivity contribution in [3.63, 3.8) is 0 Å². The molecule has 0 bridgehead atoms. The van der Waals surface area contributed by atoms with Gasteiger partial charge in [0.25, 0.3) is 5.56 Å². The van der Waals surface area contributed by atoms with Gasteiger partial charge in [-0.25, -0.2) is 13.6 Å². The molecule has 1 aliphatic heterocycles.